The zero-order valence-corrected chi connectivity index (χ0v) is 21.3. The molecular weight excluding hydrogens is 484 g/mol. The molecule has 0 unspecified atom stereocenters. The van der Waals surface area contributed by atoms with Gasteiger partial charge in [0.05, 0.1) is 5.52 Å². The van der Waals surface area contributed by atoms with E-state index in [1.165, 1.54) is 0 Å². The maximum absolute atomic E-state index is 6.11. The number of hydrogen-bond acceptors (Lipinski definition) is 8. The molecule has 0 saturated carbocycles. The number of pyridine rings is 1. The Labute approximate surface area is 220 Å². The van der Waals surface area contributed by atoms with Gasteiger partial charge in [-0.05, 0) is 61.4 Å². The summed E-state index contributed by atoms with van der Waals surface area (Å²) in [4.78, 5) is 18.2. The zero-order valence-electron chi connectivity index (χ0n) is 20.6. The number of nitrogens with zero attached hydrogens (tertiary/aromatic N) is 4. The number of fused-ring (bicyclic) bond motifs is 1. The van der Waals surface area contributed by atoms with Crippen LogP contribution in [0.25, 0.3) is 10.9 Å². The van der Waals surface area contributed by atoms with Crippen molar-refractivity contribution >= 4 is 57.4 Å². The van der Waals surface area contributed by atoms with Crippen LogP contribution in [0.4, 0.5) is 34.9 Å². The van der Waals surface area contributed by atoms with Crippen LogP contribution in [0.3, 0.4) is 0 Å². The molecule has 0 radical (unpaired) electrons. The molecular formula is C28H27ClN8. The largest absolute Gasteiger partial charge is 0.383 e. The van der Waals surface area contributed by atoms with Gasteiger partial charge in [-0.2, -0.15) is 15.0 Å². The van der Waals surface area contributed by atoms with Crippen LogP contribution in [-0.4, -0.2) is 33.0 Å². The van der Waals surface area contributed by atoms with Gasteiger partial charge in [0.15, 0.2) is 0 Å². The zero-order chi connectivity index (χ0) is 25.6. The molecule has 186 valence electrons. The molecule has 5 aromatic rings. The van der Waals surface area contributed by atoms with E-state index >= 15 is 0 Å². The summed E-state index contributed by atoms with van der Waals surface area (Å²) in [5.41, 5.74) is 5.91. The average Bonchev–Trinajstić information content (AvgIpc) is 2.89. The SMILES string of the molecule is Cc1ccccc1Nc1nc(NCCNc2ccnc3cc(Cl)ccc23)nc(Nc2ccccc2C)n1. The van der Waals surface area contributed by atoms with Crippen molar-refractivity contribution in [2.75, 3.05) is 34.4 Å². The Kier molecular flexibility index (Phi) is 7.28. The third-order valence-electron chi connectivity index (χ3n) is 5.85. The number of halogens is 1. The van der Waals surface area contributed by atoms with E-state index in [-0.39, 0.29) is 0 Å². The standard InChI is InChI=1S/C28H27ClN8/c1-18-7-3-5-9-22(18)33-27-35-26(36-28(37-27)34-23-10-6-4-8-19(23)2)32-16-15-31-24-13-14-30-25-17-20(29)11-12-21(24)25/h3-14,17H,15-16H2,1-2H3,(H,30,31)(H3,32,33,34,35,36,37). The summed E-state index contributed by atoms with van der Waals surface area (Å²) >= 11 is 6.11. The lowest BCUT2D eigenvalue weighted by Crippen LogP contribution is -2.17. The lowest BCUT2D eigenvalue weighted by atomic mass is 10.2. The molecule has 0 fully saturated rings. The molecule has 8 nitrogen and oxygen atoms in total. The molecule has 3 aromatic carbocycles. The number of anilines is 6. The second-order valence-electron chi connectivity index (χ2n) is 8.56. The van der Waals surface area contributed by atoms with Crippen LogP contribution >= 0.6 is 11.6 Å². The minimum Gasteiger partial charge on any atom is -0.383 e. The van der Waals surface area contributed by atoms with Crippen LogP contribution in [0, 0.1) is 13.8 Å². The first kappa shape index (κ1) is 24.3. The van der Waals surface area contributed by atoms with Crippen molar-refractivity contribution in [1.82, 2.24) is 19.9 Å². The fourth-order valence-electron chi connectivity index (χ4n) is 3.88. The highest BCUT2D eigenvalue weighted by Gasteiger charge is 2.10. The average molecular weight is 511 g/mol. The minimum atomic E-state index is 0.452. The van der Waals surface area contributed by atoms with Gasteiger partial charge >= 0.3 is 0 Å². The van der Waals surface area contributed by atoms with E-state index in [0.717, 1.165) is 39.1 Å². The number of nitrogens with one attached hydrogen (secondary N) is 4. The fourth-order valence-corrected chi connectivity index (χ4v) is 4.05. The Morgan fingerprint density at radius 3 is 1.89 bits per heavy atom. The van der Waals surface area contributed by atoms with Gasteiger partial charge in [0.1, 0.15) is 0 Å². The summed E-state index contributed by atoms with van der Waals surface area (Å²) in [6.45, 7) is 5.32. The van der Waals surface area contributed by atoms with Gasteiger partial charge in [0, 0.05) is 46.8 Å². The molecule has 37 heavy (non-hydrogen) atoms. The van der Waals surface area contributed by atoms with Crippen molar-refractivity contribution in [2.45, 2.75) is 13.8 Å². The third-order valence-corrected chi connectivity index (χ3v) is 6.08. The van der Waals surface area contributed by atoms with E-state index < -0.39 is 0 Å². The summed E-state index contributed by atoms with van der Waals surface area (Å²) in [6, 6.07) is 23.7. The molecule has 0 amide bonds. The Morgan fingerprint density at radius 2 is 1.24 bits per heavy atom. The summed E-state index contributed by atoms with van der Waals surface area (Å²) in [7, 11) is 0. The topological polar surface area (TPSA) is 99.7 Å². The number of para-hydroxylation sites is 2. The van der Waals surface area contributed by atoms with Crippen LogP contribution in [0.15, 0.2) is 79.0 Å². The maximum atomic E-state index is 6.11. The van der Waals surface area contributed by atoms with Gasteiger partial charge in [0.25, 0.3) is 0 Å². The molecule has 0 aliphatic carbocycles. The first-order valence-electron chi connectivity index (χ1n) is 12.0. The van der Waals surface area contributed by atoms with E-state index in [9.17, 15) is 0 Å². The van der Waals surface area contributed by atoms with Crippen LogP contribution in [0.2, 0.25) is 5.02 Å². The highest BCUT2D eigenvalue weighted by Crippen LogP contribution is 2.25. The molecule has 4 N–H and O–H groups in total. The number of aromatic nitrogens is 4. The summed E-state index contributed by atoms with van der Waals surface area (Å²) in [6.07, 6.45) is 1.77. The van der Waals surface area contributed by atoms with Gasteiger partial charge in [-0.25, -0.2) is 0 Å². The Morgan fingerprint density at radius 1 is 0.649 bits per heavy atom. The number of aryl methyl sites for hydroxylation is 2. The Bertz CT molecular complexity index is 1470. The number of hydrogen-bond donors (Lipinski definition) is 4. The van der Waals surface area contributed by atoms with Crippen LogP contribution in [0.5, 0.6) is 0 Å². The quantitative estimate of drug-likeness (QED) is 0.162. The van der Waals surface area contributed by atoms with Crippen molar-refractivity contribution in [3.05, 3.63) is 95.1 Å². The van der Waals surface area contributed by atoms with Crippen molar-refractivity contribution in [3.63, 3.8) is 0 Å². The molecule has 9 heteroatoms. The maximum Gasteiger partial charge on any atom is 0.233 e. The van der Waals surface area contributed by atoms with Crippen LogP contribution < -0.4 is 21.3 Å². The van der Waals surface area contributed by atoms with Crippen LogP contribution in [0.1, 0.15) is 11.1 Å². The fraction of sp³-hybridized carbons (Fsp3) is 0.143. The lowest BCUT2D eigenvalue weighted by Gasteiger charge is -2.14. The van der Waals surface area contributed by atoms with E-state index in [1.54, 1.807) is 6.20 Å². The van der Waals surface area contributed by atoms with E-state index in [2.05, 4.69) is 41.2 Å². The van der Waals surface area contributed by atoms with Crippen molar-refractivity contribution in [1.29, 1.82) is 0 Å². The molecule has 2 heterocycles. The molecule has 2 aromatic heterocycles. The van der Waals surface area contributed by atoms with Gasteiger partial charge in [-0.15, -0.1) is 0 Å². The second-order valence-corrected chi connectivity index (χ2v) is 9.00. The first-order chi connectivity index (χ1) is 18.0. The smallest absolute Gasteiger partial charge is 0.233 e. The van der Waals surface area contributed by atoms with E-state index in [1.807, 2.05) is 86.6 Å². The normalized spacial score (nSPS) is 10.8. The van der Waals surface area contributed by atoms with E-state index in [4.69, 9.17) is 11.6 Å². The molecule has 5 rings (SSSR count). The first-order valence-corrected chi connectivity index (χ1v) is 12.4. The molecule has 0 saturated heterocycles. The van der Waals surface area contributed by atoms with Crippen molar-refractivity contribution < 1.29 is 0 Å². The number of rotatable bonds is 9. The lowest BCUT2D eigenvalue weighted by molar-refractivity contribution is 0.998. The molecule has 0 atom stereocenters. The molecule has 0 spiro atoms. The summed E-state index contributed by atoms with van der Waals surface area (Å²) < 4.78 is 0. The van der Waals surface area contributed by atoms with Gasteiger partial charge < -0.3 is 21.3 Å². The Balaban J connectivity index is 1.32. The summed E-state index contributed by atoms with van der Waals surface area (Å²) in [5.74, 6) is 1.37. The second kappa shape index (κ2) is 11.1. The predicted octanol–water partition coefficient (Wildman–Crippen LogP) is 6.70. The van der Waals surface area contributed by atoms with E-state index in [0.29, 0.717) is 36.0 Å². The molecule has 0 bridgehead atoms. The molecule has 0 aliphatic rings. The minimum absolute atomic E-state index is 0.452. The van der Waals surface area contributed by atoms with Crippen molar-refractivity contribution in [3.8, 4) is 0 Å². The highest BCUT2D eigenvalue weighted by atomic mass is 35.5. The third kappa shape index (κ3) is 6.05. The van der Waals surface area contributed by atoms with Crippen LogP contribution in [-0.2, 0) is 0 Å². The predicted molar refractivity (Wildman–Crippen MR) is 152 cm³/mol. The van der Waals surface area contributed by atoms with Crippen molar-refractivity contribution in [2.24, 2.45) is 0 Å². The van der Waals surface area contributed by atoms with Gasteiger partial charge in [-0.3, -0.25) is 4.98 Å². The summed E-state index contributed by atoms with van der Waals surface area (Å²) in [5, 5.41) is 15.1. The molecule has 0 aliphatic heterocycles. The number of benzene rings is 3. The Hall–Kier alpha value is -4.43. The van der Waals surface area contributed by atoms with Gasteiger partial charge in [0.2, 0.25) is 17.8 Å². The van der Waals surface area contributed by atoms with Gasteiger partial charge in [-0.1, -0.05) is 48.0 Å². The monoisotopic (exact) mass is 510 g/mol. The highest BCUT2D eigenvalue weighted by molar-refractivity contribution is 6.31.